The molecule has 0 bridgehead atoms. The van der Waals surface area contributed by atoms with E-state index in [9.17, 15) is 0 Å². The maximum Gasteiger partial charge on any atom is 0.123 e. The van der Waals surface area contributed by atoms with Crippen molar-refractivity contribution in [1.82, 2.24) is 0 Å². The third-order valence-corrected chi connectivity index (χ3v) is 2.65. The monoisotopic (exact) mass is 269 g/mol. The SMILES string of the molecule is C=C(C)C[C@@H](N)c1cc(Br)ccc1OC. The third-order valence-electron chi connectivity index (χ3n) is 2.16. The van der Waals surface area contributed by atoms with Crippen molar-refractivity contribution in [2.24, 2.45) is 5.73 Å². The number of ether oxygens (including phenoxy) is 1. The minimum atomic E-state index is -0.0602. The molecule has 0 spiro atoms. The standard InChI is InChI=1S/C12H16BrNO/c1-8(2)6-11(14)10-7-9(13)4-5-12(10)15-3/h4-5,7,11H,1,6,14H2,2-3H3/t11-/m1/s1. The van der Waals surface area contributed by atoms with Crippen LogP contribution in [0.1, 0.15) is 24.9 Å². The normalized spacial score (nSPS) is 12.3. The van der Waals surface area contributed by atoms with E-state index < -0.39 is 0 Å². The first-order valence-corrected chi connectivity index (χ1v) is 5.57. The Balaban J connectivity index is 2.99. The molecule has 2 nitrogen and oxygen atoms in total. The van der Waals surface area contributed by atoms with Crippen LogP contribution < -0.4 is 10.5 Å². The number of hydrogen-bond donors (Lipinski definition) is 1. The van der Waals surface area contributed by atoms with Gasteiger partial charge in [-0.25, -0.2) is 0 Å². The maximum atomic E-state index is 6.08. The fourth-order valence-electron chi connectivity index (χ4n) is 1.48. The molecule has 3 heteroatoms. The molecule has 0 fully saturated rings. The first-order valence-electron chi connectivity index (χ1n) is 4.78. The van der Waals surface area contributed by atoms with Gasteiger partial charge in [-0.1, -0.05) is 21.5 Å². The summed E-state index contributed by atoms with van der Waals surface area (Å²) in [6.07, 6.45) is 0.771. The topological polar surface area (TPSA) is 35.2 Å². The summed E-state index contributed by atoms with van der Waals surface area (Å²) >= 11 is 3.43. The lowest BCUT2D eigenvalue weighted by atomic mass is 10.0. The highest BCUT2D eigenvalue weighted by molar-refractivity contribution is 9.10. The predicted molar refractivity (Wildman–Crippen MR) is 67.1 cm³/mol. The Morgan fingerprint density at radius 2 is 2.27 bits per heavy atom. The first-order chi connectivity index (χ1) is 7.04. The second-order valence-corrected chi connectivity index (χ2v) is 4.57. The third kappa shape index (κ3) is 3.36. The maximum absolute atomic E-state index is 6.08. The van der Waals surface area contributed by atoms with Crippen LogP contribution in [0.5, 0.6) is 5.75 Å². The summed E-state index contributed by atoms with van der Waals surface area (Å²) in [5.41, 5.74) is 8.16. The highest BCUT2D eigenvalue weighted by Gasteiger charge is 2.12. The van der Waals surface area contributed by atoms with E-state index in [1.54, 1.807) is 7.11 Å². The van der Waals surface area contributed by atoms with Gasteiger partial charge in [-0.15, -0.1) is 6.58 Å². The van der Waals surface area contributed by atoms with E-state index in [1.807, 2.05) is 25.1 Å². The van der Waals surface area contributed by atoms with Gasteiger partial charge >= 0.3 is 0 Å². The lowest BCUT2D eigenvalue weighted by Crippen LogP contribution is -2.11. The van der Waals surface area contributed by atoms with E-state index in [-0.39, 0.29) is 6.04 Å². The van der Waals surface area contributed by atoms with E-state index in [2.05, 4.69) is 22.5 Å². The van der Waals surface area contributed by atoms with E-state index in [0.29, 0.717) is 0 Å². The van der Waals surface area contributed by atoms with Crippen LogP contribution in [0.2, 0.25) is 0 Å². The zero-order valence-corrected chi connectivity index (χ0v) is 10.7. The van der Waals surface area contributed by atoms with Crippen molar-refractivity contribution >= 4 is 15.9 Å². The van der Waals surface area contributed by atoms with Crippen molar-refractivity contribution in [3.05, 3.63) is 40.4 Å². The Labute approximate surface area is 99.3 Å². The van der Waals surface area contributed by atoms with Gasteiger partial charge < -0.3 is 10.5 Å². The quantitative estimate of drug-likeness (QED) is 0.851. The van der Waals surface area contributed by atoms with Gasteiger partial charge in [-0.2, -0.15) is 0 Å². The highest BCUT2D eigenvalue weighted by atomic mass is 79.9. The first kappa shape index (κ1) is 12.3. The molecule has 0 radical (unpaired) electrons. The molecule has 0 aliphatic heterocycles. The van der Waals surface area contributed by atoms with Crippen LogP contribution in [-0.2, 0) is 0 Å². The van der Waals surface area contributed by atoms with Gasteiger partial charge in [0.25, 0.3) is 0 Å². The predicted octanol–water partition coefficient (Wildman–Crippen LogP) is 3.42. The van der Waals surface area contributed by atoms with Crippen molar-refractivity contribution in [2.45, 2.75) is 19.4 Å². The average molecular weight is 270 g/mol. The smallest absolute Gasteiger partial charge is 0.123 e. The van der Waals surface area contributed by atoms with Gasteiger partial charge in [0.2, 0.25) is 0 Å². The Morgan fingerprint density at radius 1 is 1.60 bits per heavy atom. The fraction of sp³-hybridized carbons (Fsp3) is 0.333. The molecule has 1 aromatic rings. The molecule has 1 atom stereocenters. The van der Waals surface area contributed by atoms with Crippen molar-refractivity contribution in [2.75, 3.05) is 7.11 Å². The van der Waals surface area contributed by atoms with E-state index in [1.165, 1.54) is 0 Å². The molecule has 0 aliphatic carbocycles. The second kappa shape index (κ2) is 5.33. The second-order valence-electron chi connectivity index (χ2n) is 3.65. The lowest BCUT2D eigenvalue weighted by Gasteiger charge is -2.16. The molecule has 15 heavy (non-hydrogen) atoms. The van der Waals surface area contributed by atoms with Crippen molar-refractivity contribution in [3.63, 3.8) is 0 Å². The van der Waals surface area contributed by atoms with Crippen LogP contribution >= 0.6 is 15.9 Å². The zero-order valence-electron chi connectivity index (χ0n) is 9.09. The molecule has 0 unspecified atom stereocenters. The van der Waals surface area contributed by atoms with Gasteiger partial charge in [-0.05, 0) is 31.5 Å². The van der Waals surface area contributed by atoms with E-state index in [4.69, 9.17) is 10.5 Å². The largest absolute Gasteiger partial charge is 0.496 e. The number of hydrogen-bond acceptors (Lipinski definition) is 2. The molecule has 1 rings (SSSR count). The fourth-order valence-corrected chi connectivity index (χ4v) is 1.86. The summed E-state index contributed by atoms with van der Waals surface area (Å²) in [5, 5.41) is 0. The molecule has 2 N–H and O–H groups in total. The van der Waals surface area contributed by atoms with Crippen LogP contribution in [0.15, 0.2) is 34.8 Å². The van der Waals surface area contributed by atoms with E-state index in [0.717, 1.165) is 27.8 Å². The molecular formula is C12H16BrNO. The molecule has 0 aromatic heterocycles. The van der Waals surface area contributed by atoms with E-state index >= 15 is 0 Å². The van der Waals surface area contributed by atoms with Crippen molar-refractivity contribution in [3.8, 4) is 5.75 Å². The van der Waals surface area contributed by atoms with Gasteiger partial charge in [0.05, 0.1) is 7.11 Å². The summed E-state index contributed by atoms with van der Waals surface area (Å²) in [5.74, 6) is 0.826. The van der Waals surface area contributed by atoms with Gasteiger partial charge in [0.1, 0.15) is 5.75 Å². The average Bonchev–Trinajstić information content (AvgIpc) is 2.16. The molecule has 82 valence electrons. The molecular weight excluding hydrogens is 254 g/mol. The van der Waals surface area contributed by atoms with Crippen LogP contribution in [-0.4, -0.2) is 7.11 Å². The van der Waals surface area contributed by atoms with Crippen molar-refractivity contribution < 1.29 is 4.74 Å². The van der Waals surface area contributed by atoms with Crippen LogP contribution in [0, 0.1) is 0 Å². The summed E-state index contributed by atoms with van der Waals surface area (Å²) in [7, 11) is 1.65. The minimum absolute atomic E-state index is 0.0602. The Bertz CT molecular complexity index is 363. The summed E-state index contributed by atoms with van der Waals surface area (Å²) in [6.45, 7) is 5.84. The molecule has 1 aromatic carbocycles. The van der Waals surface area contributed by atoms with Gasteiger partial charge in [0.15, 0.2) is 0 Å². The van der Waals surface area contributed by atoms with Crippen LogP contribution in [0.3, 0.4) is 0 Å². The molecule has 0 aliphatic rings. The van der Waals surface area contributed by atoms with Crippen LogP contribution in [0.25, 0.3) is 0 Å². The number of benzene rings is 1. The van der Waals surface area contributed by atoms with Gasteiger partial charge in [0, 0.05) is 16.1 Å². The summed E-state index contributed by atoms with van der Waals surface area (Å²) in [4.78, 5) is 0. The Kier molecular flexibility index (Phi) is 4.36. The summed E-state index contributed by atoms with van der Waals surface area (Å²) < 4.78 is 6.28. The van der Waals surface area contributed by atoms with Crippen LogP contribution in [0.4, 0.5) is 0 Å². The van der Waals surface area contributed by atoms with Crippen molar-refractivity contribution in [1.29, 1.82) is 0 Å². The Hall–Kier alpha value is -0.800. The Morgan fingerprint density at radius 3 is 2.80 bits per heavy atom. The number of halogens is 1. The lowest BCUT2D eigenvalue weighted by molar-refractivity contribution is 0.405. The molecule has 0 heterocycles. The number of methoxy groups -OCH3 is 1. The molecule has 0 saturated carbocycles. The minimum Gasteiger partial charge on any atom is -0.496 e. The molecule has 0 amide bonds. The van der Waals surface area contributed by atoms with Gasteiger partial charge in [-0.3, -0.25) is 0 Å². The number of nitrogens with two attached hydrogens (primary N) is 1. The summed E-state index contributed by atoms with van der Waals surface area (Å²) in [6, 6.07) is 5.79. The highest BCUT2D eigenvalue weighted by Crippen LogP contribution is 2.29. The zero-order chi connectivity index (χ0) is 11.4. The number of rotatable bonds is 4. The molecule has 0 saturated heterocycles.